The maximum atomic E-state index is 13.3. The maximum Gasteiger partial charge on any atom is 0.256 e. The van der Waals surface area contributed by atoms with Crippen LogP contribution in [0.15, 0.2) is 23.0 Å². The predicted octanol–water partition coefficient (Wildman–Crippen LogP) is 2.40. The molecule has 0 saturated carbocycles. The number of rotatable bonds is 1. The molecule has 3 rings (SSSR count). The number of aromatic nitrogens is 1. The second-order valence-electron chi connectivity index (χ2n) is 4.83. The molecule has 2 heterocycles. The standard InChI is InChI=1S/C14H15FN2O/c1-8-13(12-3-2-6-16-12)10-5-4-9(15)7-11(10)14(18)17-8/h4-5,7,12,16H,2-3,6H2,1H3,(H,17,18). The lowest BCUT2D eigenvalue weighted by molar-refractivity contribution is 0.628. The van der Waals surface area contributed by atoms with E-state index in [2.05, 4.69) is 10.3 Å². The highest BCUT2D eigenvalue weighted by atomic mass is 19.1. The minimum Gasteiger partial charge on any atom is -0.326 e. The average molecular weight is 246 g/mol. The molecular formula is C14H15FN2O. The first-order chi connectivity index (χ1) is 8.66. The number of pyridine rings is 1. The molecule has 1 aliphatic heterocycles. The smallest absolute Gasteiger partial charge is 0.256 e. The third-order valence-corrected chi connectivity index (χ3v) is 3.63. The zero-order valence-corrected chi connectivity index (χ0v) is 10.2. The number of aromatic amines is 1. The van der Waals surface area contributed by atoms with Gasteiger partial charge < -0.3 is 10.3 Å². The molecule has 1 saturated heterocycles. The second kappa shape index (κ2) is 4.21. The van der Waals surface area contributed by atoms with Crippen LogP contribution in [0.3, 0.4) is 0 Å². The first kappa shape index (κ1) is 11.4. The minimum atomic E-state index is -0.373. The maximum absolute atomic E-state index is 13.3. The van der Waals surface area contributed by atoms with Gasteiger partial charge in [0.1, 0.15) is 5.82 Å². The number of fused-ring (bicyclic) bond motifs is 1. The van der Waals surface area contributed by atoms with Crippen molar-refractivity contribution in [3.8, 4) is 0 Å². The van der Waals surface area contributed by atoms with Crippen LogP contribution in [0.5, 0.6) is 0 Å². The van der Waals surface area contributed by atoms with E-state index < -0.39 is 0 Å². The van der Waals surface area contributed by atoms with Crippen molar-refractivity contribution in [2.24, 2.45) is 0 Å². The molecule has 3 nitrogen and oxygen atoms in total. The van der Waals surface area contributed by atoms with E-state index in [1.165, 1.54) is 12.1 Å². The van der Waals surface area contributed by atoms with Gasteiger partial charge in [-0.15, -0.1) is 0 Å². The summed E-state index contributed by atoms with van der Waals surface area (Å²) in [6.45, 7) is 2.89. The second-order valence-corrected chi connectivity index (χ2v) is 4.83. The highest BCUT2D eigenvalue weighted by Gasteiger charge is 2.21. The van der Waals surface area contributed by atoms with E-state index in [1.54, 1.807) is 6.07 Å². The van der Waals surface area contributed by atoms with Crippen LogP contribution in [-0.2, 0) is 0 Å². The lowest BCUT2D eigenvalue weighted by Crippen LogP contribution is -2.19. The van der Waals surface area contributed by atoms with E-state index in [0.29, 0.717) is 5.39 Å². The topological polar surface area (TPSA) is 44.9 Å². The molecule has 0 bridgehead atoms. The van der Waals surface area contributed by atoms with Crippen molar-refractivity contribution in [1.82, 2.24) is 10.3 Å². The summed E-state index contributed by atoms with van der Waals surface area (Å²) in [5, 5.41) is 4.72. The van der Waals surface area contributed by atoms with Gasteiger partial charge >= 0.3 is 0 Å². The Bertz CT molecular complexity index is 657. The Morgan fingerprint density at radius 3 is 2.89 bits per heavy atom. The Morgan fingerprint density at radius 2 is 2.17 bits per heavy atom. The van der Waals surface area contributed by atoms with Gasteiger partial charge in [-0.05, 0) is 49.4 Å². The summed E-state index contributed by atoms with van der Waals surface area (Å²) < 4.78 is 13.3. The Morgan fingerprint density at radius 1 is 1.33 bits per heavy atom. The van der Waals surface area contributed by atoms with Crippen molar-refractivity contribution >= 4 is 10.8 Å². The summed E-state index contributed by atoms with van der Waals surface area (Å²) in [7, 11) is 0. The van der Waals surface area contributed by atoms with Crippen LogP contribution < -0.4 is 10.9 Å². The van der Waals surface area contributed by atoms with Crippen LogP contribution in [0.2, 0.25) is 0 Å². The Hall–Kier alpha value is -1.68. The van der Waals surface area contributed by atoms with Crippen LogP contribution >= 0.6 is 0 Å². The van der Waals surface area contributed by atoms with Crippen LogP contribution in [0.1, 0.15) is 30.1 Å². The fourth-order valence-electron chi connectivity index (χ4n) is 2.83. The normalized spacial score (nSPS) is 19.6. The summed E-state index contributed by atoms with van der Waals surface area (Å²) in [6.07, 6.45) is 2.19. The van der Waals surface area contributed by atoms with E-state index in [4.69, 9.17) is 0 Å². The van der Waals surface area contributed by atoms with Crippen LogP contribution in [0.25, 0.3) is 10.8 Å². The lowest BCUT2D eigenvalue weighted by Gasteiger charge is -2.16. The first-order valence-corrected chi connectivity index (χ1v) is 6.22. The van der Waals surface area contributed by atoms with Crippen molar-refractivity contribution in [2.45, 2.75) is 25.8 Å². The molecule has 1 unspecified atom stereocenters. The van der Waals surface area contributed by atoms with Gasteiger partial charge in [0.25, 0.3) is 5.56 Å². The fourth-order valence-corrected chi connectivity index (χ4v) is 2.83. The quantitative estimate of drug-likeness (QED) is 0.811. The minimum absolute atomic E-state index is 0.219. The lowest BCUT2D eigenvalue weighted by atomic mass is 9.97. The third kappa shape index (κ3) is 1.73. The summed E-state index contributed by atoms with van der Waals surface area (Å²) in [5.74, 6) is -0.373. The van der Waals surface area contributed by atoms with Crippen molar-refractivity contribution in [2.75, 3.05) is 6.54 Å². The summed E-state index contributed by atoms with van der Waals surface area (Å²) >= 11 is 0. The highest BCUT2D eigenvalue weighted by molar-refractivity contribution is 5.86. The SMILES string of the molecule is Cc1[nH]c(=O)c2cc(F)ccc2c1C1CCCN1. The first-order valence-electron chi connectivity index (χ1n) is 6.22. The largest absolute Gasteiger partial charge is 0.326 e. The van der Waals surface area contributed by atoms with E-state index in [-0.39, 0.29) is 17.4 Å². The van der Waals surface area contributed by atoms with Gasteiger partial charge in [0.2, 0.25) is 0 Å². The van der Waals surface area contributed by atoms with Gasteiger partial charge in [-0.1, -0.05) is 6.07 Å². The molecule has 1 fully saturated rings. The number of H-pyrrole nitrogens is 1. The van der Waals surface area contributed by atoms with Gasteiger partial charge in [-0.25, -0.2) is 4.39 Å². The van der Waals surface area contributed by atoms with Crippen molar-refractivity contribution in [3.05, 3.63) is 45.6 Å². The molecule has 1 aromatic heterocycles. The molecule has 18 heavy (non-hydrogen) atoms. The summed E-state index contributed by atoms with van der Waals surface area (Å²) in [4.78, 5) is 14.7. The Kier molecular flexibility index (Phi) is 2.67. The molecule has 4 heteroatoms. The number of halogens is 1. The van der Waals surface area contributed by atoms with Gasteiger partial charge in [-0.2, -0.15) is 0 Å². The molecule has 1 aromatic carbocycles. The molecule has 1 atom stereocenters. The van der Waals surface area contributed by atoms with Gasteiger partial charge in [0.05, 0.1) is 5.39 Å². The molecule has 2 aromatic rings. The summed E-state index contributed by atoms with van der Waals surface area (Å²) in [6, 6.07) is 4.70. The van der Waals surface area contributed by atoms with Crippen molar-refractivity contribution < 1.29 is 4.39 Å². The summed E-state index contributed by atoms with van der Waals surface area (Å²) in [5.41, 5.74) is 1.75. The Labute approximate surface area is 104 Å². The molecular weight excluding hydrogens is 231 g/mol. The molecule has 0 aliphatic carbocycles. The van der Waals surface area contributed by atoms with E-state index >= 15 is 0 Å². The zero-order valence-electron chi connectivity index (χ0n) is 10.2. The Balaban J connectivity index is 2.32. The van der Waals surface area contributed by atoms with E-state index in [9.17, 15) is 9.18 Å². The highest BCUT2D eigenvalue weighted by Crippen LogP contribution is 2.30. The fraction of sp³-hybridized carbons (Fsp3) is 0.357. The van der Waals surface area contributed by atoms with Gasteiger partial charge in [-0.3, -0.25) is 4.79 Å². The zero-order chi connectivity index (χ0) is 12.7. The molecule has 0 spiro atoms. The van der Waals surface area contributed by atoms with Gasteiger partial charge in [0.15, 0.2) is 0 Å². The van der Waals surface area contributed by atoms with Crippen LogP contribution in [0.4, 0.5) is 4.39 Å². The van der Waals surface area contributed by atoms with Gasteiger partial charge in [0, 0.05) is 11.7 Å². The predicted molar refractivity (Wildman–Crippen MR) is 69.2 cm³/mol. The molecule has 1 aliphatic rings. The molecule has 2 N–H and O–H groups in total. The third-order valence-electron chi connectivity index (χ3n) is 3.63. The van der Waals surface area contributed by atoms with E-state index in [1.807, 2.05) is 6.92 Å². The number of hydrogen-bond acceptors (Lipinski definition) is 2. The number of aryl methyl sites for hydroxylation is 1. The van der Waals surface area contributed by atoms with Crippen LogP contribution in [0, 0.1) is 12.7 Å². The number of benzene rings is 1. The monoisotopic (exact) mass is 246 g/mol. The van der Waals surface area contributed by atoms with E-state index in [0.717, 1.165) is 36.0 Å². The molecule has 0 radical (unpaired) electrons. The van der Waals surface area contributed by atoms with Crippen molar-refractivity contribution in [3.63, 3.8) is 0 Å². The van der Waals surface area contributed by atoms with Crippen LogP contribution in [-0.4, -0.2) is 11.5 Å². The average Bonchev–Trinajstić information content (AvgIpc) is 2.83. The molecule has 0 amide bonds. The molecule has 94 valence electrons. The number of hydrogen-bond donors (Lipinski definition) is 2. The van der Waals surface area contributed by atoms with Crippen molar-refractivity contribution in [1.29, 1.82) is 0 Å². The number of nitrogens with one attached hydrogen (secondary N) is 2.